The molecule has 1 saturated heterocycles. The second kappa shape index (κ2) is 10.2. The number of methoxy groups -OCH3 is 2. The van der Waals surface area contributed by atoms with E-state index in [0.717, 1.165) is 17.6 Å². The number of hydrogen-bond acceptors (Lipinski definition) is 7. The molecule has 1 aliphatic heterocycles. The summed E-state index contributed by atoms with van der Waals surface area (Å²) in [5, 5.41) is 7.96. The largest absolute Gasteiger partial charge is 0.481 e. The molecule has 0 atom stereocenters. The first-order chi connectivity index (χ1) is 16.8. The number of pyridine rings is 1. The smallest absolute Gasteiger partial charge is 0.329 e. The van der Waals surface area contributed by atoms with Gasteiger partial charge in [0, 0.05) is 43.9 Å². The van der Waals surface area contributed by atoms with Crippen LogP contribution >= 0.6 is 11.9 Å². The lowest BCUT2D eigenvalue weighted by molar-refractivity contribution is -0.206. The molecular weight excluding hydrogens is 473 g/mol. The Bertz CT molecular complexity index is 1220. The molecule has 4 rings (SSSR count). The first-order valence-electron chi connectivity index (χ1n) is 11.0. The summed E-state index contributed by atoms with van der Waals surface area (Å²) in [7, 11) is 4.97. The van der Waals surface area contributed by atoms with Crippen LogP contribution in [-0.4, -0.2) is 48.2 Å². The van der Waals surface area contributed by atoms with E-state index in [1.165, 1.54) is 19.2 Å². The summed E-state index contributed by atoms with van der Waals surface area (Å²) >= 11 is 1.07. The lowest BCUT2D eigenvalue weighted by Gasteiger charge is -2.39. The number of nitrogens with zero attached hydrogens (tertiary/aromatic N) is 3. The van der Waals surface area contributed by atoms with Crippen LogP contribution in [0.1, 0.15) is 31.0 Å². The molecule has 11 heteroatoms. The quantitative estimate of drug-likeness (QED) is 0.440. The van der Waals surface area contributed by atoms with Crippen LogP contribution in [-0.2, 0) is 22.1 Å². The molecule has 2 aromatic heterocycles. The lowest BCUT2D eigenvalue weighted by atomic mass is 9.94. The predicted molar refractivity (Wildman–Crippen MR) is 131 cm³/mol. The van der Waals surface area contributed by atoms with E-state index in [9.17, 15) is 9.18 Å². The number of halogens is 1. The Kier molecular flexibility index (Phi) is 7.29. The van der Waals surface area contributed by atoms with Crippen molar-refractivity contribution in [3.63, 3.8) is 0 Å². The van der Waals surface area contributed by atoms with Crippen molar-refractivity contribution in [1.82, 2.24) is 19.5 Å². The van der Waals surface area contributed by atoms with E-state index in [4.69, 9.17) is 14.2 Å². The average molecular weight is 502 g/mol. The van der Waals surface area contributed by atoms with Crippen LogP contribution in [0.2, 0.25) is 0 Å². The number of nitrogens with one attached hydrogen (secondary N) is 2. The molecule has 2 amide bonds. The van der Waals surface area contributed by atoms with Gasteiger partial charge in [0.05, 0.1) is 31.7 Å². The number of anilines is 1. The number of ether oxygens (including phenoxy) is 3. The highest BCUT2D eigenvalue weighted by Gasteiger charge is 2.43. The number of rotatable bonds is 8. The molecule has 9 nitrogen and oxygen atoms in total. The Morgan fingerprint density at radius 3 is 2.66 bits per heavy atom. The minimum Gasteiger partial charge on any atom is -0.481 e. The van der Waals surface area contributed by atoms with Crippen molar-refractivity contribution in [3.8, 4) is 17.0 Å². The maximum absolute atomic E-state index is 14.5. The number of aromatic nitrogens is 3. The molecule has 3 heterocycles. The highest BCUT2D eigenvalue weighted by molar-refractivity contribution is 7.97. The number of carbonyl (C=O) groups excluding carboxylic acids is 1. The number of urea groups is 1. The Morgan fingerprint density at radius 2 is 2.03 bits per heavy atom. The maximum Gasteiger partial charge on any atom is 0.329 e. The van der Waals surface area contributed by atoms with Crippen molar-refractivity contribution in [1.29, 1.82) is 0 Å². The van der Waals surface area contributed by atoms with Gasteiger partial charge in [-0.1, -0.05) is 13.8 Å². The highest BCUT2D eigenvalue weighted by atomic mass is 32.2. The fraction of sp³-hybridized carbons (Fsp3) is 0.375. The van der Waals surface area contributed by atoms with Crippen LogP contribution in [0, 0.1) is 5.82 Å². The van der Waals surface area contributed by atoms with Crippen molar-refractivity contribution < 1.29 is 23.4 Å². The second-order valence-electron chi connectivity index (χ2n) is 8.50. The van der Waals surface area contributed by atoms with Crippen LogP contribution in [0.3, 0.4) is 0 Å². The van der Waals surface area contributed by atoms with Gasteiger partial charge in [-0.15, -0.1) is 0 Å². The SMILES string of the molecule is COc1cc(-c2cc(F)cc(C(C)C)c2NC(=O)NSc2cc(C3(OC)COC3)n(C)n2)ccn1. The molecular formula is C24H28FN5O4S. The van der Waals surface area contributed by atoms with Gasteiger partial charge >= 0.3 is 6.03 Å². The third-order valence-corrected chi connectivity index (χ3v) is 6.58. The van der Waals surface area contributed by atoms with Gasteiger partial charge in [0.2, 0.25) is 5.88 Å². The van der Waals surface area contributed by atoms with Crippen LogP contribution in [0.4, 0.5) is 14.9 Å². The fourth-order valence-corrected chi connectivity index (χ4v) is 4.53. The number of aryl methyl sites for hydroxylation is 1. The number of amides is 2. The summed E-state index contributed by atoms with van der Waals surface area (Å²) < 4.78 is 35.2. The highest BCUT2D eigenvalue weighted by Crippen LogP contribution is 2.37. The first-order valence-corrected chi connectivity index (χ1v) is 11.8. The predicted octanol–water partition coefficient (Wildman–Crippen LogP) is 4.45. The third kappa shape index (κ3) is 5.12. The van der Waals surface area contributed by atoms with Gasteiger partial charge in [-0.05, 0) is 41.3 Å². The van der Waals surface area contributed by atoms with Crippen molar-refractivity contribution in [2.75, 3.05) is 32.8 Å². The molecule has 35 heavy (non-hydrogen) atoms. The molecule has 1 aromatic carbocycles. The molecule has 0 saturated carbocycles. The van der Waals surface area contributed by atoms with E-state index in [2.05, 4.69) is 20.1 Å². The number of carbonyl (C=O) groups is 1. The van der Waals surface area contributed by atoms with Crippen molar-refractivity contribution in [2.24, 2.45) is 7.05 Å². The van der Waals surface area contributed by atoms with Crippen molar-refractivity contribution in [2.45, 2.75) is 30.4 Å². The Morgan fingerprint density at radius 1 is 1.26 bits per heavy atom. The van der Waals surface area contributed by atoms with E-state index in [1.54, 1.807) is 30.1 Å². The number of hydrogen-bond donors (Lipinski definition) is 2. The number of benzene rings is 1. The van der Waals surface area contributed by atoms with Crippen molar-refractivity contribution in [3.05, 3.63) is 53.6 Å². The molecule has 0 radical (unpaired) electrons. The van der Waals surface area contributed by atoms with Gasteiger partial charge in [0.1, 0.15) is 10.8 Å². The average Bonchev–Trinajstić information content (AvgIpc) is 3.18. The fourth-order valence-electron chi connectivity index (χ4n) is 3.95. The molecule has 0 bridgehead atoms. The van der Waals surface area contributed by atoms with E-state index in [1.807, 2.05) is 27.0 Å². The lowest BCUT2D eigenvalue weighted by Crippen LogP contribution is -2.49. The van der Waals surface area contributed by atoms with Gasteiger partial charge in [-0.3, -0.25) is 9.40 Å². The minimum atomic E-state index is -0.524. The van der Waals surface area contributed by atoms with Gasteiger partial charge in [0.15, 0.2) is 5.60 Å². The van der Waals surface area contributed by atoms with E-state index < -0.39 is 17.4 Å². The summed E-state index contributed by atoms with van der Waals surface area (Å²) in [6, 6.07) is 7.66. The zero-order valence-electron chi connectivity index (χ0n) is 20.2. The van der Waals surface area contributed by atoms with Gasteiger partial charge in [-0.25, -0.2) is 14.2 Å². The maximum atomic E-state index is 14.5. The Balaban J connectivity index is 1.56. The van der Waals surface area contributed by atoms with Crippen LogP contribution in [0.5, 0.6) is 5.88 Å². The summed E-state index contributed by atoms with van der Waals surface area (Å²) in [5.41, 5.74) is 2.72. The third-order valence-electron chi connectivity index (χ3n) is 5.88. The molecule has 1 fully saturated rings. The zero-order chi connectivity index (χ0) is 25.2. The molecule has 0 unspecified atom stereocenters. The van der Waals surface area contributed by atoms with E-state index >= 15 is 0 Å². The normalized spacial score (nSPS) is 14.5. The van der Waals surface area contributed by atoms with Crippen LogP contribution in [0.25, 0.3) is 11.1 Å². The standard InChI is InChI=1S/C24H28FN5O4S/c1-14(2)17-9-16(25)10-18(15-6-7-26-20(8-15)32-4)22(17)27-23(31)29-35-21-11-19(30(3)28-21)24(33-5)12-34-13-24/h6-11,14H,12-13H2,1-5H3,(H2,27,29,31). The summed E-state index contributed by atoms with van der Waals surface area (Å²) in [5.74, 6) is -0.0437. The van der Waals surface area contributed by atoms with E-state index in [0.29, 0.717) is 46.5 Å². The van der Waals surface area contributed by atoms with Gasteiger partial charge < -0.3 is 19.5 Å². The second-order valence-corrected chi connectivity index (χ2v) is 9.33. The Hall–Kier alpha value is -3.15. The first kappa shape index (κ1) is 25.0. The molecule has 0 aliphatic carbocycles. The van der Waals surface area contributed by atoms with Crippen molar-refractivity contribution >= 4 is 23.7 Å². The molecule has 186 valence electrons. The van der Waals surface area contributed by atoms with Gasteiger partial charge in [-0.2, -0.15) is 5.10 Å². The minimum absolute atomic E-state index is 0.0376. The summed E-state index contributed by atoms with van der Waals surface area (Å²) in [4.78, 5) is 17.0. The molecule has 1 aliphatic rings. The van der Waals surface area contributed by atoms with E-state index in [-0.39, 0.29) is 5.92 Å². The Labute approximate surface area is 207 Å². The topological polar surface area (TPSA) is 99.5 Å². The molecule has 0 spiro atoms. The monoisotopic (exact) mass is 501 g/mol. The summed E-state index contributed by atoms with van der Waals surface area (Å²) in [6.07, 6.45) is 1.58. The zero-order valence-corrected chi connectivity index (χ0v) is 21.0. The molecule has 3 aromatic rings. The van der Waals surface area contributed by atoms with Crippen LogP contribution < -0.4 is 14.8 Å². The molecule has 2 N–H and O–H groups in total. The summed E-state index contributed by atoms with van der Waals surface area (Å²) in [6.45, 7) is 4.78. The van der Waals surface area contributed by atoms with Crippen LogP contribution in [0.15, 0.2) is 41.6 Å². The van der Waals surface area contributed by atoms with Gasteiger partial charge in [0.25, 0.3) is 0 Å².